The maximum atomic E-state index is 12.7. The van der Waals surface area contributed by atoms with Crippen LogP contribution in [0.3, 0.4) is 0 Å². The van der Waals surface area contributed by atoms with E-state index in [0.29, 0.717) is 24.5 Å². The number of halogens is 3. The van der Waals surface area contributed by atoms with Gasteiger partial charge in [-0.05, 0) is 41.4 Å². The molecule has 1 atom stereocenters. The van der Waals surface area contributed by atoms with E-state index in [1.54, 1.807) is 24.3 Å². The summed E-state index contributed by atoms with van der Waals surface area (Å²) in [7, 11) is 0. The van der Waals surface area contributed by atoms with Crippen LogP contribution in [0.2, 0.25) is 0 Å². The maximum Gasteiger partial charge on any atom is 0.436 e. The molecule has 0 N–H and O–H groups in total. The summed E-state index contributed by atoms with van der Waals surface area (Å²) in [5.74, 6) is 0.593. The second-order valence-corrected chi connectivity index (χ2v) is 4.99. The van der Waals surface area contributed by atoms with Gasteiger partial charge in [-0.15, -0.1) is 5.10 Å². The molecule has 1 aromatic heterocycles. The van der Waals surface area contributed by atoms with Crippen LogP contribution >= 0.6 is 11.5 Å². The van der Waals surface area contributed by atoms with E-state index in [1.807, 2.05) is 0 Å². The summed E-state index contributed by atoms with van der Waals surface area (Å²) >= 11 is 0.722. The minimum atomic E-state index is -4.50. The Bertz CT molecular complexity index is 593. The van der Waals surface area contributed by atoms with Crippen molar-refractivity contribution in [2.75, 3.05) is 13.2 Å². The Hall–Kier alpha value is -1.67. The van der Waals surface area contributed by atoms with E-state index in [9.17, 15) is 13.2 Å². The van der Waals surface area contributed by atoms with Gasteiger partial charge in [-0.1, -0.05) is 4.49 Å². The molecule has 1 saturated heterocycles. The van der Waals surface area contributed by atoms with Crippen molar-refractivity contribution in [1.82, 2.24) is 9.59 Å². The van der Waals surface area contributed by atoms with Crippen LogP contribution in [-0.4, -0.2) is 28.9 Å². The van der Waals surface area contributed by atoms with E-state index in [0.717, 1.165) is 11.5 Å². The average Bonchev–Trinajstić information content (AvgIpc) is 3.09. The van der Waals surface area contributed by atoms with Gasteiger partial charge in [-0.25, -0.2) is 0 Å². The van der Waals surface area contributed by atoms with Crippen LogP contribution in [0.4, 0.5) is 13.2 Å². The molecule has 0 spiro atoms. The number of nitrogens with zero attached hydrogens (tertiary/aromatic N) is 2. The molecule has 4 nitrogen and oxygen atoms in total. The molecular formula is C12H9F3N2O2S. The Morgan fingerprint density at radius 3 is 2.60 bits per heavy atom. The number of hydrogen-bond acceptors (Lipinski definition) is 5. The molecule has 1 fully saturated rings. The van der Waals surface area contributed by atoms with Gasteiger partial charge in [0.05, 0.1) is 11.5 Å². The number of epoxide rings is 1. The zero-order valence-electron chi connectivity index (χ0n) is 10.1. The molecular weight excluding hydrogens is 293 g/mol. The van der Waals surface area contributed by atoms with Gasteiger partial charge < -0.3 is 9.47 Å². The fraction of sp³-hybridized carbons (Fsp3) is 0.333. The van der Waals surface area contributed by atoms with Crippen LogP contribution in [0.1, 0.15) is 5.69 Å². The monoisotopic (exact) mass is 302 g/mol. The van der Waals surface area contributed by atoms with Crippen LogP contribution in [0.25, 0.3) is 10.4 Å². The zero-order valence-corrected chi connectivity index (χ0v) is 10.9. The van der Waals surface area contributed by atoms with Crippen LogP contribution in [-0.2, 0) is 10.9 Å². The van der Waals surface area contributed by atoms with Crippen molar-refractivity contribution in [3.63, 3.8) is 0 Å². The van der Waals surface area contributed by atoms with Crippen LogP contribution < -0.4 is 4.74 Å². The molecule has 106 valence electrons. The molecule has 1 aromatic carbocycles. The Kier molecular flexibility index (Phi) is 3.35. The van der Waals surface area contributed by atoms with Crippen LogP contribution in [0.15, 0.2) is 24.3 Å². The van der Waals surface area contributed by atoms with Gasteiger partial charge in [0.2, 0.25) is 0 Å². The maximum absolute atomic E-state index is 12.7. The number of rotatable bonds is 4. The molecule has 0 radical (unpaired) electrons. The lowest BCUT2D eigenvalue weighted by Gasteiger charge is -2.07. The average molecular weight is 302 g/mol. The number of alkyl halides is 3. The highest BCUT2D eigenvalue weighted by Gasteiger charge is 2.37. The van der Waals surface area contributed by atoms with Crippen molar-refractivity contribution in [3.8, 4) is 16.2 Å². The predicted octanol–water partition coefficient (Wildman–Crippen LogP) is 3.00. The third kappa shape index (κ3) is 2.91. The van der Waals surface area contributed by atoms with Crippen molar-refractivity contribution in [1.29, 1.82) is 0 Å². The highest BCUT2D eigenvalue weighted by Crippen LogP contribution is 2.37. The molecule has 0 bridgehead atoms. The van der Waals surface area contributed by atoms with E-state index >= 15 is 0 Å². The first-order valence-electron chi connectivity index (χ1n) is 5.78. The predicted molar refractivity (Wildman–Crippen MR) is 65.6 cm³/mol. The minimum absolute atomic E-state index is 0.00887. The molecule has 1 unspecified atom stereocenters. The standard InChI is InChI=1S/C12H9F3N2O2S/c13-12(14,15)11-10(20-17-16-11)7-1-3-8(4-2-7)18-5-9-6-19-9/h1-4,9H,5-6H2. The van der Waals surface area contributed by atoms with Crippen molar-refractivity contribution >= 4 is 11.5 Å². The largest absolute Gasteiger partial charge is 0.491 e. The Balaban J connectivity index is 1.78. The summed E-state index contributed by atoms with van der Waals surface area (Å²) in [5, 5.41) is 3.15. The van der Waals surface area contributed by atoms with Gasteiger partial charge >= 0.3 is 6.18 Å². The highest BCUT2D eigenvalue weighted by atomic mass is 32.1. The lowest BCUT2D eigenvalue weighted by atomic mass is 10.1. The third-order valence-corrected chi connectivity index (χ3v) is 3.49. The molecule has 2 heterocycles. The van der Waals surface area contributed by atoms with Crippen LogP contribution in [0.5, 0.6) is 5.75 Å². The second kappa shape index (κ2) is 5.02. The summed E-state index contributed by atoms with van der Waals surface area (Å²) in [5.41, 5.74) is -0.537. The number of benzene rings is 1. The van der Waals surface area contributed by atoms with E-state index in [-0.39, 0.29) is 11.0 Å². The van der Waals surface area contributed by atoms with Crippen molar-refractivity contribution < 1.29 is 22.6 Å². The van der Waals surface area contributed by atoms with Crippen molar-refractivity contribution in [2.24, 2.45) is 0 Å². The van der Waals surface area contributed by atoms with E-state index in [1.165, 1.54) is 0 Å². The quantitative estimate of drug-likeness (QED) is 0.815. The van der Waals surface area contributed by atoms with Gasteiger partial charge in [-0.3, -0.25) is 0 Å². The summed E-state index contributed by atoms with van der Waals surface area (Å²) in [6, 6.07) is 6.37. The SMILES string of the molecule is FC(F)(F)c1nnsc1-c1ccc(OCC2CO2)cc1. The van der Waals surface area contributed by atoms with Gasteiger partial charge in [0.25, 0.3) is 0 Å². The normalized spacial score (nSPS) is 18.1. The molecule has 20 heavy (non-hydrogen) atoms. The summed E-state index contributed by atoms with van der Waals surface area (Å²) < 4.78 is 52.0. The first-order valence-corrected chi connectivity index (χ1v) is 6.56. The van der Waals surface area contributed by atoms with Crippen molar-refractivity contribution in [3.05, 3.63) is 30.0 Å². The van der Waals surface area contributed by atoms with Gasteiger partial charge in [-0.2, -0.15) is 13.2 Å². The Morgan fingerprint density at radius 1 is 1.30 bits per heavy atom. The van der Waals surface area contributed by atoms with E-state index < -0.39 is 11.9 Å². The topological polar surface area (TPSA) is 47.5 Å². The summed E-state index contributed by atoms with van der Waals surface area (Å²) in [6.07, 6.45) is -4.36. The van der Waals surface area contributed by atoms with E-state index in [4.69, 9.17) is 9.47 Å². The first kappa shape index (κ1) is 13.3. The highest BCUT2D eigenvalue weighted by molar-refractivity contribution is 7.09. The molecule has 3 rings (SSSR count). The third-order valence-electron chi connectivity index (χ3n) is 2.71. The van der Waals surface area contributed by atoms with Crippen LogP contribution in [0, 0.1) is 0 Å². The van der Waals surface area contributed by atoms with E-state index in [2.05, 4.69) is 9.59 Å². The fourth-order valence-electron chi connectivity index (χ4n) is 1.62. The number of ether oxygens (including phenoxy) is 2. The zero-order chi connectivity index (χ0) is 14.2. The molecule has 2 aromatic rings. The van der Waals surface area contributed by atoms with Gasteiger partial charge in [0, 0.05) is 0 Å². The first-order chi connectivity index (χ1) is 9.54. The number of aromatic nitrogens is 2. The minimum Gasteiger partial charge on any atom is -0.491 e. The van der Waals surface area contributed by atoms with Gasteiger partial charge in [0.15, 0.2) is 5.69 Å². The smallest absolute Gasteiger partial charge is 0.436 e. The fourth-order valence-corrected chi connectivity index (χ4v) is 2.31. The molecule has 1 aliphatic heterocycles. The van der Waals surface area contributed by atoms with Crippen molar-refractivity contribution in [2.45, 2.75) is 12.3 Å². The number of hydrogen-bond donors (Lipinski definition) is 0. The Morgan fingerprint density at radius 2 is 2.00 bits per heavy atom. The molecule has 0 saturated carbocycles. The lowest BCUT2D eigenvalue weighted by Crippen LogP contribution is -2.07. The molecule has 0 amide bonds. The second-order valence-electron chi connectivity index (χ2n) is 4.24. The summed E-state index contributed by atoms with van der Waals surface area (Å²) in [6.45, 7) is 1.15. The lowest BCUT2D eigenvalue weighted by molar-refractivity contribution is -0.140. The van der Waals surface area contributed by atoms with Gasteiger partial charge in [0.1, 0.15) is 18.5 Å². The Labute approximate surface area is 116 Å². The molecule has 0 aliphatic carbocycles. The molecule has 1 aliphatic rings. The molecule has 8 heteroatoms. The summed E-state index contributed by atoms with van der Waals surface area (Å²) in [4.78, 5) is 0.00887.